The number of halogens is 1. The zero-order valence-electron chi connectivity index (χ0n) is 8.07. The van der Waals surface area contributed by atoms with Crippen molar-refractivity contribution in [2.45, 2.75) is 19.4 Å². The Bertz CT molecular complexity index is 408. The Hall–Kier alpha value is -0.990. The molecule has 0 saturated heterocycles. The van der Waals surface area contributed by atoms with Crippen molar-refractivity contribution < 1.29 is 4.42 Å². The van der Waals surface area contributed by atoms with Crippen molar-refractivity contribution >= 4 is 23.4 Å². The average molecular weight is 212 g/mol. The van der Waals surface area contributed by atoms with Crippen molar-refractivity contribution in [3.05, 3.63) is 36.1 Å². The van der Waals surface area contributed by atoms with Gasteiger partial charge in [0, 0.05) is 11.4 Å². The van der Waals surface area contributed by atoms with E-state index in [0.29, 0.717) is 0 Å². The Morgan fingerprint density at radius 2 is 2.14 bits per heavy atom. The summed E-state index contributed by atoms with van der Waals surface area (Å²) in [6, 6.07) is 8.37. The Balaban J connectivity index is 0.000000980. The minimum Gasteiger partial charge on any atom is -0.464 e. The topological polar surface area (TPSA) is 39.2 Å². The summed E-state index contributed by atoms with van der Waals surface area (Å²) in [6.45, 7) is 2.01. The third-order valence-electron chi connectivity index (χ3n) is 2.07. The second-order valence-corrected chi connectivity index (χ2v) is 3.47. The quantitative estimate of drug-likeness (QED) is 0.830. The van der Waals surface area contributed by atoms with Gasteiger partial charge in [-0.25, -0.2) is 0 Å². The fourth-order valence-corrected chi connectivity index (χ4v) is 1.51. The number of nitrogens with two attached hydrogens (primary N) is 1. The molecule has 76 valence electrons. The smallest absolute Gasteiger partial charge is 0.133 e. The van der Waals surface area contributed by atoms with E-state index < -0.39 is 0 Å². The van der Waals surface area contributed by atoms with E-state index in [0.717, 1.165) is 17.4 Å². The Kier molecular flexibility index (Phi) is 3.55. The first-order valence-electron chi connectivity index (χ1n) is 4.47. The van der Waals surface area contributed by atoms with Gasteiger partial charge in [0.1, 0.15) is 5.58 Å². The Labute approximate surface area is 89.5 Å². The lowest BCUT2D eigenvalue weighted by molar-refractivity contribution is 0.615. The maximum Gasteiger partial charge on any atom is 0.133 e. The van der Waals surface area contributed by atoms with E-state index in [-0.39, 0.29) is 18.4 Å². The van der Waals surface area contributed by atoms with Crippen LogP contribution in [0.1, 0.15) is 12.5 Å². The number of fused-ring (bicyclic) bond motifs is 1. The van der Waals surface area contributed by atoms with Gasteiger partial charge in [-0.1, -0.05) is 6.07 Å². The minimum absolute atomic E-state index is 0. The monoisotopic (exact) mass is 211 g/mol. The van der Waals surface area contributed by atoms with Crippen LogP contribution in [0.5, 0.6) is 0 Å². The van der Waals surface area contributed by atoms with Crippen molar-refractivity contribution in [3.63, 3.8) is 0 Å². The highest BCUT2D eigenvalue weighted by atomic mass is 35.5. The fourth-order valence-electron chi connectivity index (χ4n) is 1.51. The standard InChI is InChI=1S/C11H13NO.ClH/c1-8(12)6-9-2-3-11-10(7-9)4-5-13-11;/h2-5,7-8H,6,12H2,1H3;1H/t8-;/m0./s1. The van der Waals surface area contributed by atoms with Crippen LogP contribution >= 0.6 is 12.4 Å². The first-order valence-corrected chi connectivity index (χ1v) is 4.47. The highest BCUT2D eigenvalue weighted by molar-refractivity contribution is 5.85. The maximum atomic E-state index is 5.72. The molecular weight excluding hydrogens is 198 g/mol. The Morgan fingerprint density at radius 1 is 1.36 bits per heavy atom. The van der Waals surface area contributed by atoms with Gasteiger partial charge in [0.15, 0.2) is 0 Å². The van der Waals surface area contributed by atoms with Crippen molar-refractivity contribution in [3.8, 4) is 0 Å². The van der Waals surface area contributed by atoms with E-state index in [1.807, 2.05) is 19.1 Å². The molecule has 2 aromatic rings. The van der Waals surface area contributed by atoms with Crippen LogP contribution in [0.25, 0.3) is 11.0 Å². The van der Waals surface area contributed by atoms with Crippen LogP contribution in [0.3, 0.4) is 0 Å². The number of rotatable bonds is 2. The summed E-state index contributed by atoms with van der Waals surface area (Å²) in [6.07, 6.45) is 2.63. The van der Waals surface area contributed by atoms with Gasteiger partial charge in [-0.2, -0.15) is 0 Å². The van der Waals surface area contributed by atoms with Crippen LogP contribution in [0.4, 0.5) is 0 Å². The molecule has 0 unspecified atom stereocenters. The first kappa shape index (κ1) is 11.1. The van der Waals surface area contributed by atoms with E-state index in [9.17, 15) is 0 Å². The molecule has 0 aliphatic carbocycles. The molecule has 0 fully saturated rings. The third-order valence-corrected chi connectivity index (χ3v) is 2.07. The largest absolute Gasteiger partial charge is 0.464 e. The molecule has 3 heteroatoms. The van der Waals surface area contributed by atoms with Crippen LogP contribution in [0, 0.1) is 0 Å². The van der Waals surface area contributed by atoms with E-state index in [2.05, 4.69) is 12.1 Å². The second kappa shape index (κ2) is 4.49. The van der Waals surface area contributed by atoms with Gasteiger partial charge >= 0.3 is 0 Å². The molecule has 2 nitrogen and oxygen atoms in total. The molecule has 2 rings (SSSR count). The van der Waals surface area contributed by atoms with Gasteiger partial charge < -0.3 is 10.2 Å². The lowest BCUT2D eigenvalue weighted by atomic mass is 10.1. The van der Waals surface area contributed by atoms with E-state index in [1.54, 1.807) is 6.26 Å². The molecule has 0 bridgehead atoms. The van der Waals surface area contributed by atoms with E-state index in [4.69, 9.17) is 10.2 Å². The number of hydrogen-bond acceptors (Lipinski definition) is 2. The highest BCUT2D eigenvalue weighted by Crippen LogP contribution is 2.17. The molecule has 1 aromatic carbocycles. The Morgan fingerprint density at radius 3 is 2.86 bits per heavy atom. The van der Waals surface area contributed by atoms with Crippen molar-refractivity contribution in [1.29, 1.82) is 0 Å². The zero-order valence-corrected chi connectivity index (χ0v) is 8.88. The fraction of sp³-hybridized carbons (Fsp3) is 0.273. The normalized spacial score (nSPS) is 12.4. The SMILES string of the molecule is C[C@H](N)Cc1ccc2occc2c1.Cl. The summed E-state index contributed by atoms with van der Waals surface area (Å²) in [5.74, 6) is 0. The molecule has 1 atom stereocenters. The van der Waals surface area contributed by atoms with Crippen LogP contribution in [-0.2, 0) is 6.42 Å². The second-order valence-electron chi connectivity index (χ2n) is 3.47. The van der Waals surface area contributed by atoms with Gasteiger partial charge in [0.25, 0.3) is 0 Å². The van der Waals surface area contributed by atoms with Crippen LogP contribution in [0.15, 0.2) is 34.9 Å². The molecular formula is C11H14ClNO. The summed E-state index contributed by atoms with van der Waals surface area (Å²) in [5, 5.41) is 1.15. The summed E-state index contributed by atoms with van der Waals surface area (Å²) < 4.78 is 5.25. The highest BCUT2D eigenvalue weighted by Gasteiger charge is 2.00. The number of hydrogen-bond donors (Lipinski definition) is 1. The first-order chi connectivity index (χ1) is 6.25. The molecule has 0 aliphatic heterocycles. The van der Waals surface area contributed by atoms with E-state index >= 15 is 0 Å². The lowest BCUT2D eigenvalue weighted by Crippen LogP contribution is -2.17. The van der Waals surface area contributed by atoms with Crippen molar-refractivity contribution in [1.82, 2.24) is 0 Å². The molecule has 14 heavy (non-hydrogen) atoms. The molecule has 1 heterocycles. The van der Waals surface area contributed by atoms with Gasteiger partial charge in [-0.3, -0.25) is 0 Å². The van der Waals surface area contributed by atoms with Crippen LogP contribution in [-0.4, -0.2) is 6.04 Å². The van der Waals surface area contributed by atoms with E-state index in [1.165, 1.54) is 5.56 Å². The number of furan rings is 1. The van der Waals surface area contributed by atoms with Crippen molar-refractivity contribution in [2.75, 3.05) is 0 Å². The van der Waals surface area contributed by atoms with Crippen LogP contribution < -0.4 is 5.73 Å². The molecule has 0 aliphatic rings. The zero-order chi connectivity index (χ0) is 9.26. The summed E-state index contributed by atoms with van der Waals surface area (Å²) >= 11 is 0. The molecule has 0 spiro atoms. The maximum absolute atomic E-state index is 5.72. The summed E-state index contributed by atoms with van der Waals surface area (Å²) in [5.41, 5.74) is 7.93. The number of benzene rings is 1. The summed E-state index contributed by atoms with van der Waals surface area (Å²) in [4.78, 5) is 0. The minimum atomic E-state index is 0. The van der Waals surface area contributed by atoms with Gasteiger partial charge in [-0.15, -0.1) is 12.4 Å². The molecule has 0 radical (unpaired) electrons. The van der Waals surface area contributed by atoms with Crippen molar-refractivity contribution in [2.24, 2.45) is 5.73 Å². The molecule has 1 aromatic heterocycles. The predicted octanol–water partition coefficient (Wildman–Crippen LogP) is 2.74. The molecule has 0 saturated carbocycles. The van der Waals surface area contributed by atoms with Gasteiger partial charge in [0.2, 0.25) is 0 Å². The molecule has 0 amide bonds. The summed E-state index contributed by atoms with van der Waals surface area (Å²) in [7, 11) is 0. The van der Waals surface area contributed by atoms with Gasteiger partial charge in [0.05, 0.1) is 6.26 Å². The lowest BCUT2D eigenvalue weighted by Gasteiger charge is -2.04. The average Bonchev–Trinajstić information content (AvgIpc) is 2.49. The molecule has 2 N–H and O–H groups in total. The van der Waals surface area contributed by atoms with Crippen LogP contribution in [0.2, 0.25) is 0 Å². The third kappa shape index (κ3) is 2.28. The van der Waals surface area contributed by atoms with Gasteiger partial charge in [-0.05, 0) is 37.1 Å². The predicted molar refractivity (Wildman–Crippen MR) is 60.8 cm³/mol.